The first-order valence-corrected chi connectivity index (χ1v) is 3.92. The number of carbonyl (C=O) groups excluding carboxylic acids is 1. The molecule has 0 aliphatic heterocycles. The van der Waals surface area contributed by atoms with Gasteiger partial charge in [0.15, 0.2) is 0 Å². The zero-order valence-electron chi connectivity index (χ0n) is 6.54. The standard InChI is InChI=1S/C8H12O3/c1-2-7(9)5-3-4-6(5)8(10)11/h5-6H,2-4H2,1H3,(H,10,11)/t5-,6+/m0/s1. The van der Waals surface area contributed by atoms with Crippen LogP contribution in [0, 0.1) is 11.8 Å². The molecule has 0 bridgehead atoms. The van der Waals surface area contributed by atoms with E-state index < -0.39 is 5.97 Å². The highest BCUT2D eigenvalue weighted by molar-refractivity contribution is 5.87. The number of carboxylic acids is 1. The Bertz CT molecular complexity index is 186. The molecule has 3 heteroatoms. The Morgan fingerprint density at radius 3 is 2.18 bits per heavy atom. The lowest BCUT2D eigenvalue weighted by atomic mass is 9.71. The molecular weight excluding hydrogens is 144 g/mol. The molecule has 11 heavy (non-hydrogen) atoms. The van der Waals surface area contributed by atoms with Crippen LogP contribution in [-0.4, -0.2) is 16.9 Å². The third-order valence-electron chi connectivity index (χ3n) is 2.35. The molecule has 0 radical (unpaired) electrons. The van der Waals surface area contributed by atoms with E-state index >= 15 is 0 Å². The molecule has 0 saturated heterocycles. The quantitative estimate of drug-likeness (QED) is 0.665. The van der Waals surface area contributed by atoms with Crippen LogP contribution >= 0.6 is 0 Å². The summed E-state index contributed by atoms with van der Waals surface area (Å²) in [6.07, 6.45) is 1.91. The van der Waals surface area contributed by atoms with Crippen molar-refractivity contribution in [1.82, 2.24) is 0 Å². The molecule has 0 aromatic heterocycles. The number of carbonyl (C=O) groups is 2. The van der Waals surface area contributed by atoms with Gasteiger partial charge in [-0.1, -0.05) is 6.92 Å². The second-order valence-corrected chi connectivity index (χ2v) is 2.95. The summed E-state index contributed by atoms with van der Waals surface area (Å²) in [5.41, 5.74) is 0. The lowest BCUT2D eigenvalue weighted by Crippen LogP contribution is -2.37. The number of hydrogen-bond donors (Lipinski definition) is 1. The zero-order chi connectivity index (χ0) is 8.43. The smallest absolute Gasteiger partial charge is 0.307 e. The van der Waals surface area contributed by atoms with Crippen molar-refractivity contribution in [3.63, 3.8) is 0 Å². The average molecular weight is 156 g/mol. The maximum Gasteiger partial charge on any atom is 0.307 e. The van der Waals surface area contributed by atoms with Gasteiger partial charge in [-0.2, -0.15) is 0 Å². The van der Waals surface area contributed by atoms with Crippen molar-refractivity contribution in [2.75, 3.05) is 0 Å². The fourth-order valence-electron chi connectivity index (χ4n) is 1.44. The van der Waals surface area contributed by atoms with Crippen molar-refractivity contribution in [1.29, 1.82) is 0 Å². The molecule has 0 aromatic carbocycles. The summed E-state index contributed by atoms with van der Waals surface area (Å²) in [4.78, 5) is 21.5. The molecule has 1 aliphatic carbocycles. The van der Waals surface area contributed by atoms with E-state index in [1.54, 1.807) is 6.92 Å². The van der Waals surface area contributed by atoms with Crippen LogP contribution in [0.1, 0.15) is 26.2 Å². The molecule has 0 unspecified atom stereocenters. The van der Waals surface area contributed by atoms with E-state index in [1.807, 2.05) is 0 Å². The molecule has 0 amide bonds. The van der Waals surface area contributed by atoms with Gasteiger partial charge >= 0.3 is 5.97 Å². The summed E-state index contributed by atoms with van der Waals surface area (Å²) in [5.74, 6) is -1.29. The summed E-state index contributed by atoms with van der Waals surface area (Å²) < 4.78 is 0. The molecule has 0 aromatic rings. The predicted molar refractivity (Wildman–Crippen MR) is 39.1 cm³/mol. The number of hydrogen-bond acceptors (Lipinski definition) is 2. The maximum absolute atomic E-state index is 11.0. The normalized spacial score (nSPS) is 29.2. The van der Waals surface area contributed by atoms with Crippen LogP contribution < -0.4 is 0 Å². The van der Waals surface area contributed by atoms with Crippen LogP contribution in [-0.2, 0) is 9.59 Å². The van der Waals surface area contributed by atoms with Crippen LogP contribution in [0.3, 0.4) is 0 Å². The highest BCUT2D eigenvalue weighted by Crippen LogP contribution is 2.35. The van der Waals surface area contributed by atoms with Gasteiger partial charge < -0.3 is 5.11 Å². The summed E-state index contributed by atoms with van der Waals surface area (Å²) in [6, 6.07) is 0. The molecule has 3 nitrogen and oxygen atoms in total. The van der Waals surface area contributed by atoms with Gasteiger partial charge in [-0.15, -0.1) is 0 Å². The predicted octanol–water partition coefficient (Wildman–Crippen LogP) is 1.08. The SMILES string of the molecule is CCC(=O)[C@H]1CC[C@H]1C(=O)O. The van der Waals surface area contributed by atoms with Crippen LogP contribution in [0.5, 0.6) is 0 Å². The second-order valence-electron chi connectivity index (χ2n) is 2.95. The largest absolute Gasteiger partial charge is 0.481 e. The van der Waals surface area contributed by atoms with E-state index in [1.165, 1.54) is 0 Å². The van der Waals surface area contributed by atoms with Crippen molar-refractivity contribution in [2.45, 2.75) is 26.2 Å². The zero-order valence-corrected chi connectivity index (χ0v) is 6.54. The van der Waals surface area contributed by atoms with Gasteiger partial charge in [-0.05, 0) is 12.8 Å². The van der Waals surface area contributed by atoms with Gasteiger partial charge in [-0.3, -0.25) is 9.59 Å². The molecule has 2 atom stereocenters. The van der Waals surface area contributed by atoms with E-state index in [0.717, 1.165) is 6.42 Å². The van der Waals surface area contributed by atoms with Crippen molar-refractivity contribution in [3.8, 4) is 0 Å². The van der Waals surface area contributed by atoms with E-state index in [9.17, 15) is 9.59 Å². The Morgan fingerprint density at radius 2 is 1.91 bits per heavy atom. The topological polar surface area (TPSA) is 54.4 Å². The lowest BCUT2D eigenvalue weighted by Gasteiger charge is -2.31. The minimum atomic E-state index is -0.817. The van der Waals surface area contributed by atoms with Gasteiger partial charge in [0.2, 0.25) is 0 Å². The van der Waals surface area contributed by atoms with E-state index in [0.29, 0.717) is 12.8 Å². The van der Waals surface area contributed by atoms with Crippen LogP contribution in [0.4, 0.5) is 0 Å². The Labute approximate surface area is 65.4 Å². The third-order valence-corrected chi connectivity index (χ3v) is 2.35. The van der Waals surface area contributed by atoms with Gasteiger partial charge in [0, 0.05) is 12.3 Å². The number of rotatable bonds is 3. The minimum absolute atomic E-state index is 0.101. The first kappa shape index (κ1) is 8.24. The van der Waals surface area contributed by atoms with Crippen LogP contribution in [0.15, 0.2) is 0 Å². The minimum Gasteiger partial charge on any atom is -0.481 e. The molecule has 1 rings (SSSR count). The average Bonchev–Trinajstić information content (AvgIpc) is 1.83. The lowest BCUT2D eigenvalue weighted by molar-refractivity contribution is -0.152. The highest BCUT2D eigenvalue weighted by Gasteiger charge is 2.40. The van der Waals surface area contributed by atoms with Gasteiger partial charge in [0.05, 0.1) is 5.92 Å². The maximum atomic E-state index is 11.0. The molecule has 1 N–H and O–H groups in total. The Balaban J connectivity index is 2.49. The molecule has 1 fully saturated rings. The first-order chi connectivity index (χ1) is 5.16. The molecule has 0 heterocycles. The monoisotopic (exact) mass is 156 g/mol. The van der Waals surface area contributed by atoms with Crippen LogP contribution in [0.25, 0.3) is 0 Å². The Kier molecular flexibility index (Phi) is 2.27. The number of aliphatic carboxylic acids is 1. The Morgan fingerprint density at radius 1 is 1.36 bits per heavy atom. The Hall–Kier alpha value is -0.860. The van der Waals surface area contributed by atoms with Crippen molar-refractivity contribution in [2.24, 2.45) is 11.8 Å². The molecule has 1 saturated carbocycles. The van der Waals surface area contributed by atoms with E-state index in [2.05, 4.69) is 0 Å². The van der Waals surface area contributed by atoms with Crippen molar-refractivity contribution < 1.29 is 14.7 Å². The molecular formula is C8H12O3. The fourth-order valence-corrected chi connectivity index (χ4v) is 1.44. The van der Waals surface area contributed by atoms with E-state index in [-0.39, 0.29) is 17.6 Å². The van der Waals surface area contributed by atoms with Crippen molar-refractivity contribution >= 4 is 11.8 Å². The fraction of sp³-hybridized carbons (Fsp3) is 0.750. The third kappa shape index (κ3) is 1.42. The van der Waals surface area contributed by atoms with Crippen LogP contribution in [0.2, 0.25) is 0 Å². The summed E-state index contributed by atoms with van der Waals surface area (Å²) in [5, 5.41) is 8.60. The van der Waals surface area contributed by atoms with Crippen molar-refractivity contribution in [3.05, 3.63) is 0 Å². The molecule has 62 valence electrons. The number of ketones is 1. The van der Waals surface area contributed by atoms with E-state index in [4.69, 9.17) is 5.11 Å². The summed E-state index contributed by atoms with van der Waals surface area (Å²) in [7, 11) is 0. The molecule has 1 aliphatic rings. The summed E-state index contributed by atoms with van der Waals surface area (Å²) in [6.45, 7) is 1.78. The van der Waals surface area contributed by atoms with Gasteiger partial charge in [0.25, 0.3) is 0 Å². The molecule has 0 spiro atoms. The first-order valence-electron chi connectivity index (χ1n) is 3.92. The van der Waals surface area contributed by atoms with Gasteiger partial charge in [0.1, 0.15) is 5.78 Å². The number of Topliss-reactive ketones (excluding diaryl/α,β-unsaturated/α-hetero) is 1. The summed E-state index contributed by atoms with van der Waals surface area (Å²) >= 11 is 0. The second kappa shape index (κ2) is 3.03. The highest BCUT2D eigenvalue weighted by atomic mass is 16.4. The number of carboxylic acid groups (broad SMARTS) is 1. The van der Waals surface area contributed by atoms with Gasteiger partial charge in [-0.25, -0.2) is 0 Å².